The van der Waals surface area contributed by atoms with Gasteiger partial charge in [-0.3, -0.25) is 19.2 Å². The van der Waals surface area contributed by atoms with Crippen LogP contribution in [0.5, 0.6) is 0 Å². The lowest BCUT2D eigenvalue weighted by atomic mass is 9.95. The standard InChI is InChI=1S/C23H26O12S/c1-11(24)30-17-10-23(17)20(33-14(4)27)18(31-12(2)25)19(32-13(3)26)22(35-23)34-16(21(28)29-5)9-15-7-6-8-36-15/h6-9,17-20,22H,10H2,1-5H3/b16-9-/t17-,18+,19+,20-,22+,23-/m1/s1. The van der Waals surface area contributed by atoms with Gasteiger partial charge in [0.1, 0.15) is 6.10 Å². The Balaban J connectivity index is 2.07. The zero-order valence-corrected chi connectivity index (χ0v) is 21.0. The number of ether oxygens (including phenoxy) is 7. The van der Waals surface area contributed by atoms with Crippen LogP contribution in [0.15, 0.2) is 23.3 Å². The summed E-state index contributed by atoms with van der Waals surface area (Å²) in [7, 11) is 1.15. The first-order valence-electron chi connectivity index (χ1n) is 10.8. The summed E-state index contributed by atoms with van der Waals surface area (Å²) in [4.78, 5) is 60.7. The van der Waals surface area contributed by atoms with E-state index in [1.165, 1.54) is 24.3 Å². The molecule has 1 aromatic rings. The summed E-state index contributed by atoms with van der Waals surface area (Å²) in [6, 6.07) is 3.48. The second-order valence-corrected chi connectivity index (χ2v) is 9.03. The Morgan fingerprint density at radius 2 is 1.53 bits per heavy atom. The number of carbonyl (C=O) groups excluding carboxylic acids is 5. The molecule has 1 aliphatic heterocycles. The molecule has 1 spiro atoms. The molecule has 3 rings (SSSR count). The number of rotatable bonds is 8. The van der Waals surface area contributed by atoms with Crippen molar-refractivity contribution in [3.05, 3.63) is 28.1 Å². The van der Waals surface area contributed by atoms with Crippen molar-refractivity contribution in [1.82, 2.24) is 0 Å². The molecular weight excluding hydrogens is 500 g/mol. The van der Waals surface area contributed by atoms with E-state index in [2.05, 4.69) is 0 Å². The fraction of sp³-hybridized carbons (Fsp3) is 0.522. The third-order valence-corrected chi connectivity index (χ3v) is 6.07. The van der Waals surface area contributed by atoms with Crippen LogP contribution in [-0.4, -0.2) is 73.3 Å². The molecule has 2 fully saturated rings. The van der Waals surface area contributed by atoms with Gasteiger partial charge in [0.15, 0.2) is 17.8 Å². The van der Waals surface area contributed by atoms with Crippen molar-refractivity contribution in [1.29, 1.82) is 0 Å². The molecule has 0 radical (unpaired) electrons. The van der Waals surface area contributed by atoms with Crippen molar-refractivity contribution in [3.63, 3.8) is 0 Å². The number of methoxy groups -OCH3 is 1. The van der Waals surface area contributed by atoms with Gasteiger partial charge < -0.3 is 33.2 Å². The van der Waals surface area contributed by atoms with Gasteiger partial charge in [-0.1, -0.05) is 6.07 Å². The predicted octanol–water partition coefficient (Wildman–Crippen LogP) is 1.50. The third-order valence-electron chi connectivity index (χ3n) is 5.25. The molecule has 13 heteroatoms. The van der Waals surface area contributed by atoms with Gasteiger partial charge in [-0.2, -0.15) is 0 Å². The second kappa shape index (κ2) is 11.1. The van der Waals surface area contributed by atoms with Gasteiger partial charge in [0.2, 0.25) is 18.2 Å². The third kappa shape index (κ3) is 6.21. The molecule has 1 aliphatic carbocycles. The molecule has 0 amide bonds. The lowest BCUT2D eigenvalue weighted by molar-refractivity contribution is -0.309. The van der Waals surface area contributed by atoms with Crippen LogP contribution in [0.2, 0.25) is 0 Å². The Hall–Kier alpha value is -3.45. The van der Waals surface area contributed by atoms with E-state index in [0.29, 0.717) is 4.88 Å². The van der Waals surface area contributed by atoms with E-state index in [4.69, 9.17) is 33.2 Å². The summed E-state index contributed by atoms with van der Waals surface area (Å²) >= 11 is 1.31. The monoisotopic (exact) mass is 526 g/mol. The van der Waals surface area contributed by atoms with E-state index in [-0.39, 0.29) is 12.2 Å². The first-order valence-corrected chi connectivity index (χ1v) is 11.7. The van der Waals surface area contributed by atoms with Gasteiger partial charge in [-0.15, -0.1) is 11.3 Å². The van der Waals surface area contributed by atoms with Gasteiger partial charge >= 0.3 is 29.8 Å². The number of esters is 5. The highest BCUT2D eigenvalue weighted by Gasteiger charge is 2.74. The molecule has 12 nitrogen and oxygen atoms in total. The number of carbonyl (C=O) groups is 5. The van der Waals surface area contributed by atoms with Crippen LogP contribution in [-0.2, 0) is 57.1 Å². The Morgan fingerprint density at radius 3 is 2.06 bits per heavy atom. The first kappa shape index (κ1) is 27.1. The van der Waals surface area contributed by atoms with E-state index in [9.17, 15) is 24.0 Å². The quantitative estimate of drug-likeness (QED) is 0.209. The van der Waals surface area contributed by atoms with Crippen molar-refractivity contribution in [2.45, 2.75) is 70.4 Å². The van der Waals surface area contributed by atoms with Crippen LogP contribution in [0.25, 0.3) is 6.08 Å². The molecule has 1 aromatic heterocycles. The molecule has 2 heterocycles. The minimum absolute atomic E-state index is 0.0527. The van der Waals surface area contributed by atoms with Crippen LogP contribution in [0.4, 0.5) is 0 Å². The predicted molar refractivity (Wildman–Crippen MR) is 120 cm³/mol. The smallest absolute Gasteiger partial charge is 0.373 e. The van der Waals surface area contributed by atoms with E-state index in [0.717, 1.165) is 27.9 Å². The highest BCUT2D eigenvalue weighted by atomic mass is 32.1. The maximum Gasteiger partial charge on any atom is 0.373 e. The van der Waals surface area contributed by atoms with Gasteiger partial charge in [0.25, 0.3) is 0 Å². The van der Waals surface area contributed by atoms with Gasteiger partial charge in [-0.25, -0.2) is 4.79 Å². The lowest BCUT2D eigenvalue weighted by Crippen LogP contribution is -2.64. The summed E-state index contributed by atoms with van der Waals surface area (Å²) in [5, 5.41) is 1.78. The summed E-state index contributed by atoms with van der Waals surface area (Å²) in [6.45, 7) is 4.54. The molecule has 6 atom stereocenters. The minimum atomic E-state index is -1.55. The van der Waals surface area contributed by atoms with Gasteiger partial charge in [-0.05, 0) is 11.4 Å². The maximum absolute atomic E-state index is 12.5. The van der Waals surface area contributed by atoms with Crippen molar-refractivity contribution < 1.29 is 57.1 Å². The molecule has 1 saturated heterocycles. The van der Waals surface area contributed by atoms with Crippen LogP contribution in [0.1, 0.15) is 39.0 Å². The Morgan fingerprint density at radius 1 is 0.917 bits per heavy atom. The molecule has 1 saturated carbocycles. The van der Waals surface area contributed by atoms with Crippen molar-refractivity contribution in [2.75, 3.05) is 7.11 Å². The minimum Gasteiger partial charge on any atom is -0.463 e. The lowest BCUT2D eigenvalue weighted by Gasteiger charge is -2.44. The van der Waals surface area contributed by atoms with Crippen LogP contribution >= 0.6 is 11.3 Å². The first-order chi connectivity index (χ1) is 17.0. The van der Waals surface area contributed by atoms with Crippen molar-refractivity contribution >= 4 is 47.3 Å². The molecule has 36 heavy (non-hydrogen) atoms. The SMILES string of the molecule is COC(=O)/C(=C/c1cccs1)O[C@H]1O[C@@]2(C[C@H]2OC(C)=O)[C@H](OC(C)=O)[C@@H](OC(C)=O)[C@@H]1OC(C)=O. The summed E-state index contributed by atoms with van der Waals surface area (Å²) in [5.41, 5.74) is -1.50. The fourth-order valence-electron chi connectivity index (χ4n) is 3.89. The normalized spacial score (nSPS) is 29.0. The highest BCUT2D eigenvalue weighted by Crippen LogP contribution is 2.53. The van der Waals surface area contributed by atoms with Crippen LogP contribution in [0.3, 0.4) is 0 Å². The number of hydrogen-bond donors (Lipinski definition) is 0. The number of thiophene rings is 1. The molecule has 2 aliphatic rings. The maximum atomic E-state index is 12.5. The molecular formula is C23H26O12S. The topological polar surface area (TPSA) is 150 Å². The van der Waals surface area contributed by atoms with Crippen molar-refractivity contribution in [3.8, 4) is 0 Å². The zero-order chi connectivity index (χ0) is 26.6. The summed E-state index contributed by atoms with van der Waals surface area (Å²) in [6.07, 6.45) is -5.22. The van der Waals surface area contributed by atoms with E-state index in [1.54, 1.807) is 17.5 Å². The average molecular weight is 527 g/mol. The molecule has 0 bridgehead atoms. The van der Waals surface area contributed by atoms with Gasteiger partial charge in [0.05, 0.1) is 7.11 Å². The summed E-state index contributed by atoms with van der Waals surface area (Å²) < 4.78 is 38.3. The van der Waals surface area contributed by atoms with E-state index >= 15 is 0 Å². The Kier molecular flexibility index (Phi) is 8.35. The molecule has 0 unspecified atom stereocenters. The molecule has 0 N–H and O–H groups in total. The highest BCUT2D eigenvalue weighted by molar-refractivity contribution is 7.10. The van der Waals surface area contributed by atoms with Crippen LogP contribution < -0.4 is 0 Å². The summed E-state index contributed by atoms with van der Waals surface area (Å²) in [5.74, 6) is -4.10. The van der Waals surface area contributed by atoms with E-state index in [1.807, 2.05) is 0 Å². The largest absolute Gasteiger partial charge is 0.463 e. The molecule has 0 aromatic carbocycles. The zero-order valence-electron chi connectivity index (χ0n) is 20.2. The van der Waals surface area contributed by atoms with Gasteiger partial charge in [0, 0.05) is 45.1 Å². The Labute approximate surface area is 210 Å². The second-order valence-electron chi connectivity index (χ2n) is 8.05. The average Bonchev–Trinajstić information content (AvgIpc) is 3.17. The number of hydrogen-bond acceptors (Lipinski definition) is 13. The van der Waals surface area contributed by atoms with Crippen molar-refractivity contribution in [2.24, 2.45) is 0 Å². The Bertz CT molecular complexity index is 1050. The van der Waals surface area contributed by atoms with Crippen LogP contribution in [0, 0.1) is 0 Å². The van der Waals surface area contributed by atoms with E-state index < -0.39 is 66.2 Å². The fourth-order valence-corrected chi connectivity index (χ4v) is 4.54. The molecule has 196 valence electrons.